The Morgan fingerprint density at radius 1 is 1.50 bits per heavy atom. The summed E-state index contributed by atoms with van der Waals surface area (Å²) < 4.78 is 4.66. The number of primary amides is 1. The Hall–Kier alpha value is -1.59. The number of halogens is 1. The number of carbonyl (C=O) groups is 2. The van der Waals surface area contributed by atoms with Gasteiger partial charge >= 0.3 is 0 Å². The van der Waals surface area contributed by atoms with Crippen molar-refractivity contribution in [3.05, 3.63) is 29.3 Å². The van der Waals surface area contributed by atoms with E-state index in [2.05, 4.69) is 10.1 Å². The van der Waals surface area contributed by atoms with Crippen LogP contribution in [-0.4, -0.2) is 25.0 Å². The molecule has 86 valence electrons. The molecule has 0 aliphatic heterocycles. The van der Waals surface area contributed by atoms with E-state index in [4.69, 9.17) is 17.3 Å². The van der Waals surface area contributed by atoms with Crippen LogP contribution in [-0.2, 0) is 14.3 Å². The Labute approximate surface area is 97.5 Å². The largest absolute Gasteiger partial charge is 0.367 e. The van der Waals surface area contributed by atoms with Gasteiger partial charge in [0.1, 0.15) is 0 Å². The van der Waals surface area contributed by atoms with E-state index in [1.54, 1.807) is 24.3 Å². The van der Waals surface area contributed by atoms with Crippen LogP contribution in [0.3, 0.4) is 0 Å². The molecule has 1 atom stereocenters. The van der Waals surface area contributed by atoms with Gasteiger partial charge in [0.25, 0.3) is 11.8 Å². The molecule has 0 fully saturated rings. The topological polar surface area (TPSA) is 81.4 Å². The van der Waals surface area contributed by atoms with Gasteiger partial charge in [-0.3, -0.25) is 9.59 Å². The first-order valence-electron chi connectivity index (χ1n) is 4.43. The maximum Gasteiger partial charge on any atom is 0.263 e. The van der Waals surface area contributed by atoms with Crippen molar-refractivity contribution >= 4 is 29.1 Å². The van der Waals surface area contributed by atoms with Gasteiger partial charge in [-0.1, -0.05) is 17.7 Å². The zero-order valence-electron chi connectivity index (χ0n) is 8.57. The van der Waals surface area contributed by atoms with Gasteiger partial charge in [0.05, 0.1) is 0 Å². The Bertz CT molecular complexity index is 409. The molecule has 1 aromatic carbocycles. The molecule has 5 nitrogen and oxygen atoms in total. The molecule has 1 unspecified atom stereocenters. The van der Waals surface area contributed by atoms with Gasteiger partial charge < -0.3 is 15.8 Å². The third-order valence-electron chi connectivity index (χ3n) is 1.82. The number of nitrogens with two attached hydrogens (primary N) is 1. The molecule has 0 saturated heterocycles. The molecule has 0 bridgehead atoms. The van der Waals surface area contributed by atoms with Gasteiger partial charge in [-0.2, -0.15) is 0 Å². The van der Waals surface area contributed by atoms with E-state index >= 15 is 0 Å². The second-order valence-corrected chi connectivity index (χ2v) is 3.45. The Kier molecular flexibility index (Phi) is 4.28. The van der Waals surface area contributed by atoms with E-state index in [9.17, 15) is 9.59 Å². The molecule has 0 saturated carbocycles. The number of amides is 2. The lowest BCUT2D eigenvalue weighted by atomic mass is 10.2. The van der Waals surface area contributed by atoms with Crippen molar-refractivity contribution < 1.29 is 14.3 Å². The molecule has 2 amide bonds. The molecule has 1 aromatic rings. The standard InChI is InChI=1S/C10H11ClN2O3/c1-16-8(9(12)14)10(15)13-7-4-2-3-6(11)5-7/h2-5,8H,1H3,(H2,12,14)(H,13,15). The normalized spacial score (nSPS) is 11.9. The molecule has 0 aliphatic carbocycles. The quantitative estimate of drug-likeness (QED) is 0.766. The molecular weight excluding hydrogens is 232 g/mol. The van der Waals surface area contributed by atoms with E-state index in [1.165, 1.54) is 7.11 Å². The van der Waals surface area contributed by atoms with E-state index in [0.29, 0.717) is 10.7 Å². The van der Waals surface area contributed by atoms with Crippen molar-refractivity contribution in [3.63, 3.8) is 0 Å². The van der Waals surface area contributed by atoms with Crippen LogP contribution in [0.2, 0.25) is 5.02 Å². The van der Waals surface area contributed by atoms with E-state index in [-0.39, 0.29) is 0 Å². The summed E-state index contributed by atoms with van der Waals surface area (Å²) >= 11 is 5.73. The lowest BCUT2D eigenvalue weighted by Crippen LogP contribution is -2.40. The summed E-state index contributed by atoms with van der Waals surface area (Å²) in [7, 11) is 1.23. The summed E-state index contributed by atoms with van der Waals surface area (Å²) in [6, 6.07) is 6.52. The van der Waals surface area contributed by atoms with Crippen LogP contribution in [0, 0.1) is 0 Å². The number of rotatable bonds is 4. The van der Waals surface area contributed by atoms with Gasteiger partial charge in [0, 0.05) is 17.8 Å². The number of hydrogen-bond acceptors (Lipinski definition) is 3. The van der Waals surface area contributed by atoms with E-state index < -0.39 is 17.9 Å². The molecule has 3 N–H and O–H groups in total. The number of carbonyl (C=O) groups excluding carboxylic acids is 2. The molecule has 16 heavy (non-hydrogen) atoms. The smallest absolute Gasteiger partial charge is 0.263 e. The van der Waals surface area contributed by atoms with Crippen molar-refractivity contribution in [1.82, 2.24) is 0 Å². The highest BCUT2D eigenvalue weighted by molar-refractivity contribution is 6.30. The highest BCUT2D eigenvalue weighted by atomic mass is 35.5. The van der Waals surface area contributed by atoms with Crippen molar-refractivity contribution in [3.8, 4) is 0 Å². The Balaban J connectivity index is 2.74. The maximum absolute atomic E-state index is 11.5. The van der Waals surface area contributed by atoms with Crippen LogP contribution in [0.15, 0.2) is 24.3 Å². The third kappa shape index (κ3) is 3.22. The second-order valence-electron chi connectivity index (χ2n) is 3.02. The summed E-state index contributed by atoms with van der Waals surface area (Å²) in [4.78, 5) is 22.4. The van der Waals surface area contributed by atoms with Crippen LogP contribution >= 0.6 is 11.6 Å². The monoisotopic (exact) mass is 242 g/mol. The average molecular weight is 243 g/mol. The van der Waals surface area contributed by atoms with Crippen LogP contribution in [0.4, 0.5) is 5.69 Å². The first-order chi connectivity index (χ1) is 7.54. The number of hydrogen-bond donors (Lipinski definition) is 2. The van der Waals surface area contributed by atoms with Gasteiger partial charge in [-0.25, -0.2) is 0 Å². The van der Waals surface area contributed by atoms with Crippen LogP contribution in [0.1, 0.15) is 0 Å². The predicted octanol–water partition coefficient (Wildman–Crippen LogP) is 0.779. The fourth-order valence-corrected chi connectivity index (χ4v) is 1.32. The number of nitrogens with one attached hydrogen (secondary N) is 1. The van der Waals surface area contributed by atoms with Gasteiger partial charge in [-0.05, 0) is 18.2 Å². The average Bonchev–Trinajstić information content (AvgIpc) is 2.17. The van der Waals surface area contributed by atoms with E-state index in [1.807, 2.05) is 0 Å². The highest BCUT2D eigenvalue weighted by Crippen LogP contribution is 2.15. The minimum Gasteiger partial charge on any atom is -0.367 e. The molecule has 0 radical (unpaired) electrons. The maximum atomic E-state index is 11.5. The minimum absolute atomic E-state index is 0.473. The van der Waals surface area contributed by atoms with Crippen molar-refractivity contribution in [1.29, 1.82) is 0 Å². The van der Waals surface area contributed by atoms with Gasteiger partial charge in [-0.15, -0.1) is 0 Å². The van der Waals surface area contributed by atoms with Crippen molar-refractivity contribution in [2.75, 3.05) is 12.4 Å². The summed E-state index contributed by atoms with van der Waals surface area (Å²) in [5.41, 5.74) is 5.45. The Morgan fingerprint density at radius 2 is 2.19 bits per heavy atom. The summed E-state index contributed by atoms with van der Waals surface area (Å²) in [6.45, 7) is 0. The third-order valence-corrected chi connectivity index (χ3v) is 2.06. The van der Waals surface area contributed by atoms with Gasteiger partial charge in [0.2, 0.25) is 6.10 Å². The SMILES string of the molecule is COC(C(N)=O)C(=O)Nc1cccc(Cl)c1. The van der Waals surface area contributed by atoms with Crippen molar-refractivity contribution in [2.45, 2.75) is 6.10 Å². The molecule has 6 heteroatoms. The lowest BCUT2D eigenvalue weighted by molar-refractivity contribution is -0.138. The zero-order chi connectivity index (χ0) is 12.1. The van der Waals surface area contributed by atoms with Gasteiger partial charge in [0.15, 0.2) is 0 Å². The fraction of sp³-hybridized carbons (Fsp3) is 0.200. The summed E-state index contributed by atoms with van der Waals surface area (Å²) in [5.74, 6) is -1.47. The number of anilines is 1. The molecular formula is C10H11ClN2O3. The second kappa shape index (κ2) is 5.48. The van der Waals surface area contributed by atoms with Crippen molar-refractivity contribution in [2.24, 2.45) is 5.73 Å². The number of ether oxygens (including phenoxy) is 1. The molecule has 0 aromatic heterocycles. The number of methoxy groups -OCH3 is 1. The summed E-state index contributed by atoms with van der Waals surface area (Å²) in [5, 5.41) is 2.94. The highest BCUT2D eigenvalue weighted by Gasteiger charge is 2.23. The Morgan fingerprint density at radius 3 is 2.69 bits per heavy atom. The summed E-state index contributed by atoms with van der Waals surface area (Å²) in [6.07, 6.45) is -1.31. The fourth-order valence-electron chi connectivity index (χ4n) is 1.13. The lowest BCUT2D eigenvalue weighted by Gasteiger charge is -2.11. The predicted molar refractivity (Wildman–Crippen MR) is 60.1 cm³/mol. The first kappa shape index (κ1) is 12.5. The van der Waals surface area contributed by atoms with Crippen LogP contribution < -0.4 is 11.1 Å². The van der Waals surface area contributed by atoms with E-state index in [0.717, 1.165) is 0 Å². The molecule has 0 heterocycles. The molecule has 0 aliphatic rings. The molecule has 0 spiro atoms. The first-order valence-corrected chi connectivity index (χ1v) is 4.81. The zero-order valence-corrected chi connectivity index (χ0v) is 9.32. The molecule has 1 rings (SSSR count). The van der Waals surface area contributed by atoms with Crippen LogP contribution in [0.25, 0.3) is 0 Å². The number of benzene rings is 1. The minimum atomic E-state index is -1.31. The van der Waals surface area contributed by atoms with Crippen LogP contribution in [0.5, 0.6) is 0 Å².